The smallest absolute Gasteiger partial charge is 0.249 e. The minimum Gasteiger partial charge on any atom is -0.395 e. The molecule has 0 saturated carbocycles. The molecule has 0 saturated heterocycles. The fourth-order valence-electron chi connectivity index (χ4n) is 2.68. The number of hydrogen-bond donors (Lipinski definition) is 3. The SMILES string of the molecule is O=[N+]([O-])C1=CC=C(N=Nc2ccc(N(CCO)CCO)cc2)C(OCCO)C1. The predicted octanol–water partition coefficient (Wildman–Crippen LogP) is 1.39. The molecule has 0 fully saturated rings. The standard InChI is InChI=1S/C18H24N4O6/c23-9-7-21(8-10-24)15-3-1-14(2-4-15)19-20-17-6-5-16(22(26)27)13-18(17)28-12-11-25/h1-6,18,23-25H,7-13H2. The zero-order chi connectivity index (χ0) is 20.4. The van der Waals surface area contributed by atoms with Crippen molar-refractivity contribution in [2.75, 3.05) is 44.4 Å². The van der Waals surface area contributed by atoms with Crippen molar-refractivity contribution in [1.82, 2.24) is 0 Å². The van der Waals surface area contributed by atoms with Crippen LogP contribution in [0.25, 0.3) is 0 Å². The van der Waals surface area contributed by atoms with Gasteiger partial charge in [-0.2, -0.15) is 10.2 Å². The van der Waals surface area contributed by atoms with Crippen molar-refractivity contribution >= 4 is 11.4 Å². The molecule has 10 heteroatoms. The summed E-state index contributed by atoms with van der Waals surface area (Å²) in [6.45, 7) is 0.614. The third-order valence-electron chi connectivity index (χ3n) is 4.05. The Kier molecular flexibility index (Phi) is 8.69. The third kappa shape index (κ3) is 6.20. The number of hydrogen-bond acceptors (Lipinski definition) is 9. The van der Waals surface area contributed by atoms with Crippen LogP contribution in [0.5, 0.6) is 0 Å². The summed E-state index contributed by atoms with van der Waals surface area (Å²) in [5.41, 5.74) is 1.86. The van der Waals surface area contributed by atoms with E-state index < -0.39 is 11.0 Å². The second kappa shape index (κ2) is 11.2. The van der Waals surface area contributed by atoms with E-state index in [4.69, 9.17) is 20.1 Å². The Balaban J connectivity index is 2.12. The molecule has 0 heterocycles. The van der Waals surface area contributed by atoms with Crippen LogP contribution in [0.4, 0.5) is 11.4 Å². The summed E-state index contributed by atoms with van der Waals surface area (Å²) in [6.07, 6.45) is 2.27. The van der Waals surface area contributed by atoms with Crippen LogP contribution in [0.15, 0.2) is 58.0 Å². The number of ether oxygens (including phenoxy) is 1. The second-order valence-electron chi connectivity index (χ2n) is 5.94. The van der Waals surface area contributed by atoms with E-state index in [0.717, 1.165) is 5.69 Å². The van der Waals surface area contributed by atoms with E-state index in [1.165, 1.54) is 12.2 Å². The van der Waals surface area contributed by atoms with Gasteiger partial charge in [0, 0.05) is 24.9 Å². The summed E-state index contributed by atoms with van der Waals surface area (Å²) in [6, 6.07) is 7.09. The van der Waals surface area contributed by atoms with Gasteiger partial charge in [0.1, 0.15) is 6.10 Å². The number of nitrogens with zero attached hydrogens (tertiary/aromatic N) is 4. The minimum atomic E-state index is -0.648. The Morgan fingerprint density at radius 1 is 1.07 bits per heavy atom. The van der Waals surface area contributed by atoms with E-state index in [2.05, 4.69) is 10.2 Å². The van der Waals surface area contributed by atoms with Gasteiger partial charge in [-0.3, -0.25) is 10.1 Å². The highest BCUT2D eigenvalue weighted by Gasteiger charge is 2.26. The van der Waals surface area contributed by atoms with Crippen LogP contribution >= 0.6 is 0 Å². The number of aliphatic hydroxyl groups excluding tert-OH is 3. The van der Waals surface area contributed by atoms with Crippen molar-refractivity contribution in [2.24, 2.45) is 10.2 Å². The largest absolute Gasteiger partial charge is 0.395 e. The summed E-state index contributed by atoms with van der Waals surface area (Å²) in [7, 11) is 0. The molecule has 1 atom stereocenters. The maximum atomic E-state index is 11.0. The molecule has 2 rings (SSSR count). The average molecular weight is 392 g/mol. The van der Waals surface area contributed by atoms with Gasteiger partial charge in [-0.25, -0.2) is 0 Å². The lowest BCUT2D eigenvalue weighted by Crippen LogP contribution is -2.29. The van der Waals surface area contributed by atoms with Gasteiger partial charge in [-0.15, -0.1) is 0 Å². The Morgan fingerprint density at radius 3 is 2.32 bits per heavy atom. The number of aliphatic hydroxyl groups is 3. The molecule has 10 nitrogen and oxygen atoms in total. The van der Waals surface area contributed by atoms with Gasteiger partial charge in [0.25, 0.3) is 0 Å². The summed E-state index contributed by atoms with van der Waals surface area (Å²) in [5, 5.41) is 46.4. The molecule has 1 aromatic carbocycles. The highest BCUT2D eigenvalue weighted by molar-refractivity contribution is 5.52. The van der Waals surface area contributed by atoms with Gasteiger partial charge in [0.05, 0.1) is 49.2 Å². The third-order valence-corrected chi connectivity index (χ3v) is 4.05. The summed E-state index contributed by atoms with van der Waals surface area (Å²) < 4.78 is 5.45. The molecule has 0 bridgehead atoms. The van der Waals surface area contributed by atoms with E-state index in [1.54, 1.807) is 24.3 Å². The molecule has 1 aliphatic carbocycles. The first-order chi connectivity index (χ1) is 13.6. The molecule has 1 unspecified atom stereocenters. The van der Waals surface area contributed by atoms with Crippen molar-refractivity contribution in [1.29, 1.82) is 0 Å². The van der Waals surface area contributed by atoms with Crippen molar-refractivity contribution < 1.29 is 25.0 Å². The van der Waals surface area contributed by atoms with Crippen molar-refractivity contribution in [3.8, 4) is 0 Å². The predicted molar refractivity (Wildman–Crippen MR) is 102 cm³/mol. The lowest BCUT2D eigenvalue weighted by Gasteiger charge is -2.22. The van der Waals surface area contributed by atoms with Crippen molar-refractivity contribution in [3.63, 3.8) is 0 Å². The molecule has 3 N–H and O–H groups in total. The van der Waals surface area contributed by atoms with E-state index in [-0.39, 0.29) is 38.5 Å². The first-order valence-electron chi connectivity index (χ1n) is 8.85. The van der Waals surface area contributed by atoms with Gasteiger partial charge >= 0.3 is 0 Å². The monoisotopic (exact) mass is 392 g/mol. The van der Waals surface area contributed by atoms with Gasteiger partial charge in [-0.1, -0.05) is 0 Å². The van der Waals surface area contributed by atoms with Gasteiger partial charge in [-0.05, 0) is 30.3 Å². The van der Waals surface area contributed by atoms with Crippen LogP contribution in [-0.2, 0) is 4.74 Å². The van der Waals surface area contributed by atoms with Crippen LogP contribution in [0.3, 0.4) is 0 Å². The number of nitro groups is 1. The normalized spacial score (nSPS) is 16.8. The lowest BCUT2D eigenvalue weighted by molar-refractivity contribution is -0.429. The zero-order valence-electron chi connectivity index (χ0n) is 15.3. The molecule has 0 aliphatic heterocycles. The summed E-state index contributed by atoms with van der Waals surface area (Å²) >= 11 is 0. The van der Waals surface area contributed by atoms with E-state index in [0.29, 0.717) is 24.5 Å². The fourth-order valence-corrected chi connectivity index (χ4v) is 2.68. The Bertz CT molecular complexity index is 726. The summed E-state index contributed by atoms with van der Waals surface area (Å²) in [4.78, 5) is 12.3. The number of allylic oxidation sites excluding steroid dienone is 2. The molecule has 152 valence electrons. The highest BCUT2D eigenvalue weighted by Crippen LogP contribution is 2.26. The molecule has 28 heavy (non-hydrogen) atoms. The lowest BCUT2D eigenvalue weighted by atomic mass is 10.1. The van der Waals surface area contributed by atoms with Crippen LogP contribution in [-0.4, -0.2) is 65.9 Å². The molecule has 0 radical (unpaired) electrons. The quantitative estimate of drug-likeness (QED) is 0.293. The Morgan fingerprint density at radius 2 is 1.75 bits per heavy atom. The molecular weight excluding hydrogens is 368 g/mol. The molecule has 0 aromatic heterocycles. The van der Waals surface area contributed by atoms with E-state index in [9.17, 15) is 10.1 Å². The highest BCUT2D eigenvalue weighted by atomic mass is 16.6. The van der Waals surface area contributed by atoms with Crippen LogP contribution < -0.4 is 4.90 Å². The first kappa shape index (κ1) is 21.6. The molecule has 1 aromatic rings. The Hall–Kier alpha value is -2.66. The minimum absolute atomic E-state index is 0.0131. The zero-order valence-corrected chi connectivity index (χ0v) is 15.3. The fraction of sp³-hybridized carbons (Fsp3) is 0.444. The van der Waals surface area contributed by atoms with Crippen LogP contribution in [0.2, 0.25) is 0 Å². The number of rotatable bonds is 11. The van der Waals surface area contributed by atoms with Gasteiger partial charge < -0.3 is 25.0 Å². The number of anilines is 1. The Labute approximate surface area is 162 Å². The van der Waals surface area contributed by atoms with Crippen LogP contribution in [0, 0.1) is 10.1 Å². The summed E-state index contributed by atoms with van der Waals surface area (Å²) in [5.74, 6) is 0. The van der Waals surface area contributed by atoms with Gasteiger partial charge in [0.2, 0.25) is 5.70 Å². The van der Waals surface area contributed by atoms with E-state index >= 15 is 0 Å². The maximum absolute atomic E-state index is 11.0. The molecule has 0 spiro atoms. The van der Waals surface area contributed by atoms with E-state index in [1.807, 2.05) is 4.90 Å². The molecule has 0 amide bonds. The van der Waals surface area contributed by atoms with Gasteiger partial charge in [0.15, 0.2) is 0 Å². The molecule has 1 aliphatic rings. The van der Waals surface area contributed by atoms with Crippen LogP contribution in [0.1, 0.15) is 6.42 Å². The number of azo groups is 1. The van der Waals surface area contributed by atoms with Crippen molar-refractivity contribution in [2.45, 2.75) is 12.5 Å². The molecular formula is C18H24N4O6. The number of benzene rings is 1. The topological polar surface area (TPSA) is 141 Å². The first-order valence-corrected chi connectivity index (χ1v) is 8.85. The second-order valence-corrected chi connectivity index (χ2v) is 5.94. The maximum Gasteiger partial charge on any atom is 0.249 e. The average Bonchev–Trinajstić information content (AvgIpc) is 2.71. The van der Waals surface area contributed by atoms with Crippen molar-refractivity contribution in [3.05, 3.63) is 57.9 Å².